The summed E-state index contributed by atoms with van der Waals surface area (Å²) in [5, 5.41) is 23.3. The van der Waals surface area contributed by atoms with Gasteiger partial charge in [0.2, 0.25) is 5.91 Å². The third kappa shape index (κ3) is 5.08. The Balaban J connectivity index is 1.63. The minimum absolute atomic E-state index is 0.0370. The molecule has 172 valence electrons. The van der Waals surface area contributed by atoms with Gasteiger partial charge in [-0.1, -0.05) is 41.1 Å². The Labute approximate surface area is 204 Å². The lowest BCUT2D eigenvalue weighted by molar-refractivity contribution is -0.383. The summed E-state index contributed by atoms with van der Waals surface area (Å²) in [7, 11) is 0. The average molecular weight is 495 g/mol. The number of pyridine rings is 1. The molecule has 1 amide bonds. The molecule has 0 saturated heterocycles. The monoisotopic (exact) mass is 494 g/mol. The van der Waals surface area contributed by atoms with Crippen LogP contribution in [0.1, 0.15) is 11.1 Å². The van der Waals surface area contributed by atoms with Crippen LogP contribution in [0.4, 0.5) is 11.4 Å². The van der Waals surface area contributed by atoms with E-state index in [0.717, 1.165) is 22.4 Å². The molecular formula is C23H19ClN6O3S. The molecule has 2 aromatic carbocycles. The Morgan fingerprint density at radius 2 is 2.00 bits per heavy atom. The zero-order valence-corrected chi connectivity index (χ0v) is 19.8. The van der Waals surface area contributed by atoms with Gasteiger partial charge in [-0.25, -0.2) is 0 Å². The predicted octanol–water partition coefficient (Wildman–Crippen LogP) is 5.24. The van der Waals surface area contributed by atoms with E-state index in [2.05, 4.69) is 26.6 Å². The number of hydrogen-bond donors (Lipinski definition) is 1. The van der Waals surface area contributed by atoms with Gasteiger partial charge in [0.1, 0.15) is 5.69 Å². The highest BCUT2D eigenvalue weighted by atomic mass is 35.5. The maximum Gasteiger partial charge on any atom is 0.292 e. The van der Waals surface area contributed by atoms with E-state index in [1.807, 2.05) is 42.7 Å². The summed E-state index contributed by atoms with van der Waals surface area (Å²) in [4.78, 5) is 27.5. The second kappa shape index (κ2) is 10.0. The number of rotatable bonds is 7. The van der Waals surface area contributed by atoms with Gasteiger partial charge < -0.3 is 5.32 Å². The largest absolute Gasteiger partial charge is 0.320 e. The molecule has 0 spiro atoms. The maximum atomic E-state index is 12.6. The normalized spacial score (nSPS) is 10.8. The SMILES string of the molecule is Cc1ccc(-n2c(SCC(=O)Nc3cc(Cl)ccc3[N+](=O)[O-])nnc2-c2cccnc2)c(C)c1. The van der Waals surface area contributed by atoms with Gasteiger partial charge in [0.05, 0.1) is 16.4 Å². The average Bonchev–Trinajstić information content (AvgIpc) is 3.22. The first-order valence-corrected chi connectivity index (χ1v) is 11.5. The number of carbonyl (C=O) groups is 1. The topological polar surface area (TPSA) is 116 Å². The molecule has 0 radical (unpaired) electrons. The Morgan fingerprint density at radius 3 is 2.71 bits per heavy atom. The van der Waals surface area contributed by atoms with Crippen LogP contribution < -0.4 is 5.32 Å². The van der Waals surface area contributed by atoms with Gasteiger partial charge in [-0.05, 0) is 49.7 Å². The van der Waals surface area contributed by atoms with E-state index in [9.17, 15) is 14.9 Å². The molecule has 9 nitrogen and oxygen atoms in total. The summed E-state index contributed by atoms with van der Waals surface area (Å²) >= 11 is 7.12. The zero-order valence-electron chi connectivity index (χ0n) is 18.2. The van der Waals surface area contributed by atoms with Gasteiger partial charge in [-0.3, -0.25) is 24.5 Å². The van der Waals surface area contributed by atoms with Crippen LogP contribution in [0.2, 0.25) is 5.02 Å². The second-order valence-corrected chi connectivity index (χ2v) is 8.81. The van der Waals surface area contributed by atoms with E-state index >= 15 is 0 Å². The van der Waals surface area contributed by atoms with E-state index in [-0.39, 0.29) is 22.2 Å². The fourth-order valence-electron chi connectivity index (χ4n) is 3.40. The molecule has 0 unspecified atom stereocenters. The van der Waals surface area contributed by atoms with Crippen LogP contribution >= 0.6 is 23.4 Å². The smallest absolute Gasteiger partial charge is 0.292 e. The molecule has 0 aliphatic rings. The molecular weight excluding hydrogens is 476 g/mol. The molecule has 4 rings (SSSR count). The van der Waals surface area contributed by atoms with Gasteiger partial charge in [-0.2, -0.15) is 0 Å². The van der Waals surface area contributed by atoms with Crippen LogP contribution in [0, 0.1) is 24.0 Å². The first-order valence-electron chi connectivity index (χ1n) is 10.1. The van der Waals surface area contributed by atoms with Crippen LogP contribution in [-0.2, 0) is 4.79 Å². The molecule has 2 heterocycles. The highest BCUT2D eigenvalue weighted by molar-refractivity contribution is 7.99. The molecule has 0 fully saturated rings. The van der Waals surface area contributed by atoms with E-state index in [0.29, 0.717) is 11.0 Å². The standard InChI is InChI=1S/C23H19ClN6O3S/c1-14-5-7-19(15(2)10-14)29-22(16-4-3-9-25-12-16)27-28-23(29)34-13-21(31)26-18-11-17(24)6-8-20(18)30(32)33/h3-12H,13H2,1-2H3,(H,26,31). The van der Waals surface area contributed by atoms with Crippen molar-refractivity contribution in [3.63, 3.8) is 0 Å². The first kappa shape index (κ1) is 23.4. The quantitative estimate of drug-likeness (QED) is 0.212. The lowest BCUT2D eigenvalue weighted by Crippen LogP contribution is -2.15. The summed E-state index contributed by atoms with van der Waals surface area (Å²) in [6.45, 7) is 4.01. The van der Waals surface area contributed by atoms with E-state index < -0.39 is 10.8 Å². The van der Waals surface area contributed by atoms with Crippen molar-refractivity contribution < 1.29 is 9.72 Å². The molecule has 0 saturated carbocycles. The number of nitro benzene ring substituents is 1. The summed E-state index contributed by atoms with van der Waals surface area (Å²) in [5.74, 6) is 0.113. The van der Waals surface area contributed by atoms with Crippen molar-refractivity contribution in [2.45, 2.75) is 19.0 Å². The number of carbonyl (C=O) groups excluding carboxylic acids is 1. The van der Waals surface area contributed by atoms with Crippen molar-refractivity contribution in [2.24, 2.45) is 0 Å². The third-order valence-corrected chi connectivity index (χ3v) is 6.07. The van der Waals surface area contributed by atoms with Crippen molar-refractivity contribution in [1.29, 1.82) is 0 Å². The van der Waals surface area contributed by atoms with Gasteiger partial charge >= 0.3 is 0 Å². The fourth-order valence-corrected chi connectivity index (χ4v) is 4.32. The molecule has 4 aromatic rings. The van der Waals surface area contributed by atoms with Crippen LogP contribution in [0.25, 0.3) is 17.1 Å². The number of aryl methyl sites for hydroxylation is 2. The summed E-state index contributed by atoms with van der Waals surface area (Å²) in [6, 6.07) is 13.7. The van der Waals surface area contributed by atoms with Crippen LogP contribution in [0.5, 0.6) is 0 Å². The van der Waals surface area contributed by atoms with Gasteiger partial charge in [0, 0.05) is 29.0 Å². The lowest BCUT2D eigenvalue weighted by atomic mass is 10.1. The highest BCUT2D eigenvalue weighted by Gasteiger charge is 2.20. The summed E-state index contributed by atoms with van der Waals surface area (Å²) in [5.41, 5.74) is 3.60. The van der Waals surface area contributed by atoms with Crippen molar-refractivity contribution >= 4 is 40.6 Å². The van der Waals surface area contributed by atoms with E-state index in [1.54, 1.807) is 12.4 Å². The number of halogens is 1. The van der Waals surface area contributed by atoms with Crippen molar-refractivity contribution in [2.75, 3.05) is 11.1 Å². The van der Waals surface area contributed by atoms with Gasteiger partial charge in [-0.15, -0.1) is 10.2 Å². The number of anilines is 1. The van der Waals surface area contributed by atoms with E-state index in [1.165, 1.54) is 30.0 Å². The number of nitrogens with zero attached hydrogens (tertiary/aromatic N) is 5. The lowest BCUT2D eigenvalue weighted by Gasteiger charge is -2.13. The molecule has 0 atom stereocenters. The van der Waals surface area contributed by atoms with Crippen LogP contribution in [0.15, 0.2) is 66.1 Å². The maximum absolute atomic E-state index is 12.6. The molecule has 0 aliphatic heterocycles. The van der Waals surface area contributed by atoms with Crippen LogP contribution in [-0.4, -0.2) is 36.3 Å². The van der Waals surface area contributed by atoms with Crippen molar-refractivity contribution in [3.05, 3.63) is 87.2 Å². The fraction of sp³-hybridized carbons (Fsp3) is 0.130. The molecule has 0 aliphatic carbocycles. The number of nitro groups is 1. The molecule has 34 heavy (non-hydrogen) atoms. The Bertz CT molecular complexity index is 1380. The van der Waals surface area contributed by atoms with Crippen molar-refractivity contribution in [1.82, 2.24) is 19.7 Å². The minimum Gasteiger partial charge on any atom is -0.320 e. The first-order chi connectivity index (χ1) is 16.3. The van der Waals surface area contributed by atoms with Crippen molar-refractivity contribution in [3.8, 4) is 17.1 Å². The number of hydrogen-bond acceptors (Lipinski definition) is 7. The summed E-state index contributed by atoms with van der Waals surface area (Å²) in [6.07, 6.45) is 3.37. The second-order valence-electron chi connectivity index (χ2n) is 7.43. The highest BCUT2D eigenvalue weighted by Crippen LogP contribution is 2.31. The van der Waals surface area contributed by atoms with E-state index in [4.69, 9.17) is 11.6 Å². The molecule has 2 aromatic heterocycles. The summed E-state index contributed by atoms with van der Waals surface area (Å²) < 4.78 is 1.88. The Kier molecular flexibility index (Phi) is 6.90. The number of amides is 1. The number of nitrogens with one attached hydrogen (secondary N) is 1. The Morgan fingerprint density at radius 1 is 1.18 bits per heavy atom. The zero-order chi connectivity index (χ0) is 24.2. The molecule has 11 heteroatoms. The number of aromatic nitrogens is 4. The Hall–Kier alpha value is -3.76. The van der Waals surface area contributed by atoms with Crippen LogP contribution in [0.3, 0.4) is 0 Å². The van der Waals surface area contributed by atoms with Gasteiger partial charge in [0.15, 0.2) is 11.0 Å². The molecule has 1 N–H and O–H groups in total. The minimum atomic E-state index is -0.573. The number of thioether (sulfide) groups is 1. The molecule has 0 bridgehead atoms. The number of benzene rings is 2. The third-order valence-electron chi connectivity index (χ3n) is 4.91. The van der Waals surface area contributed by atoms with Gasteiger partial charge in [0.25, 0.3) is 5.69 Å². The predicted molar refractivity (Wildman–Crippen MR) is 132 cm³/mol.